The average Bonchev–Trinajstić information content (AvgIpc) is 3.22. The fraction of sp³-hybridized carbons (Fsp3) is 0. The van der Waals surface area contributed by atoms with Crippen molar-refractivity contribution in [2.45, 2.75) is 0 Å². The number of amides is 1. The molecule has 0 aliphatic rings. The Balaban J connectivity index is 1.51. The highest BCUT2D eigenvalue weighted by atomic mass is 16.5. The number of hydrogen-bond acceptors (Lipinski definition) is 6. The van der Waals surface area contributed by atoms with Crippen molar-refractivity contribution in [3.63, 3.8) is 0 Å². The van der Waals surface area contributed by atoms with E-state index >= 15 is 0 Å². The number of furan rings is 1. The topological polar surface area (TPSA) is 93.8 Å². The number of nitrogens with zero attached hydrogens (tertiary/aromatic N) is 2. The number of pyridine rings is 1. The summed E-state index contributed by atoms with van der Waals surface area (Å²) in [6, 6.07) is 13.4. The van der Waals surface area contributed by atoms with Gasteiger partial charge in [0.15, 0.2) is 0 Å². The van der Waals surface area contributed by atoms with Crippen molar-refractivity contribution in [1.82, 2.24) is 10.4 Å². The van der Waals surface area contributed by atoms with Gasteiger partial charge in [0, 0.05) is 18.5 Å². The lowest BCUT2D eigenvalue weighted by molar-refractivity contribution is -0.128. The number of nitrogens with one attached hydrogen (secondary N) is 1. The predicted molar refractivity (Wildman–Crippen MR) is 99.1 cm³/mol. The monoisotopic (exact) mass is 361 g/mol. The van der Waals surface area contributed by atoms with E-state index in [2.05, 4.69) is 15.5 Å². The van der Waals surface area contributed by atoms with Crippen molar-refractivity contribution >= 4 is 24.2 Å². The Morgan fingerprint density at radius 2 is 1.96 bits per heavy atom. The zero-order chi connectivity index (χ0) is 18.9. The molecule has 1 aromatic carbocycles. The summed E-state index contributed by atoms with van der Waals surface area (Å²) in [6.07, 6.45) is 8.84. The van der Waals surface area contributed by atoms with Gasteiger partial charge in [-0.1, -0.05) is 0 Å². The first kappa shape index (κ1) is 17.8. The van der Waals surface area contributed by atoms with Gasteiger partial charge in [0.05, 0.1) is 18.0 Å². The third kappa shape index (κ3) is 5.50. The molecule has 7 heteroatoms. The van der Waals surface area contributed by atoms with Crippen molar-refractivity contribution in [2.24, 2.45) is 5.10 Å². The highest BCUT2D eigenvalue weighted by Crippen LogP contribution is 2.12. The number of hydrogen-bond donors (Lipinski definition) is 1. The van der Waals surface area contributed by atoms with Gasteiger partial charge in [-0.15, -0.1) is 0 Å². The number of aromatic nitrogens is 1. The molecule has 1 N–H and O–H groups in total. The molecule has 2 heterocycles. The first-order chi connectivity index (χ1) is 13.2. The second-order valence-corrected chi connectivity index (χ2v) is 5.28. The number of ether oxygens (including phenoxy) is 1. The summed E-state index contributed by atoms with van der Waals surface area (Å²) >= 11 is 0. The summed E-state index contributed by atoms with van der Waals surface area (Å²) in [7, 11) is 0. The first-order valence-corrected chi connectivity index (χ1v) is 7.97. The van der Waals surface area contributed by atoms with Crippen molar-refractivity contribution in [1.29, 1.82) is 0 Å². The van der Waals surface area contributed by atoms with E-state index in [4.69, 9.17) is 9.15 Å². The predicted octanol–water partition coefficient (Wildman–Crippen LogP) is 3.06. The molecule has 2 aromatic heterocycles. The Morgan fingerprint density at radius 3 is 2.67 bits per heavy atom. The van der Waals surface area contributed by atoms with E-state index in [1.165, 1.54) is 30.8 Å². The molecule has 0 aliphatic carbocycles. The number of esters is 1. The lowest BCUT2D eigenvalue weighted by Crippen LogP contribution is -2.17. The maximum absolute atomic E-state index is 11.8. The van der Waals surface area contributed by atoms with E-state index in [0.717, 1.165) is 5.56 Å². The molecule has 0 radical (unpaired) electrons. The summed E-state index contributed by atoms with van der Waals surface area (Å²) in [5, 5.41) is 3.88. The molecule has 1 amide bonds. The maximum Gasteiger partial charge on any atom is 0.336 e. The Kier molecular flexibility index (Phi) is 5.88. The Labute approximate surface area is 155 Å². The molecule has 0 unspecified atom stereocenters. The van der Waals surface area contributed by atoms with Crippen LogP contribution in [0, 0.1) is 0 Å². The van der Waals surface area contributed by atoms with Crippen LogP contribution in [0.2, 0.25) is 0 Å². The van der Waals surface area contributed by atoms with Gasteiger partial charge in [-0.2, -0.15) is 5.10 Å². The average molecular weight is 361 g/mol. The third-order valence-electron chi connectivity index (χ3n) is 3.33. The number of carbonyl (C=O) groups excluding carboxylic acids is 2. The Bertz CT molecular complexity index is 947. The first-order valence-electron chi connectivity index (χ1n) is 7.97. The second kappa shape index (κ2) is 8.91. The Morgan fingerprint density at radius 1 is 1.11 bits per heavy atom. The molecule has 134 valence electrons. The zero-order valence-electron chi connectivity index (χ0n) is 14.1. The molecule has 3 rings (SSSR count). The fourth-order valence-electron chi connectivity index (χ4n) is 2.04. The van der Waals surface area contributed by atoms with Gasteiger partial charge >= 0.3 is 5.97 Å². The molecule has 0 aliphatic heterocycles. The number of carbonyl (C=O) groups is 2. The van der Waals surface area contributed by atoms with Crippen LogP contribution < -0.4 is 10.2 Å². The van der Waals surface area contributed by atoms with E-state index in [1.54, 1.807) is 54.7 Å². The number of rotatable bonds is 6. The lowest BCUT2D eigenvalue weighted by Gasteiger charge is -2.01. The van der Waals surface area contributed by atoms with E-state index in [-0.39, 0.29) is 5.91 Å². The van der Waals surface area contributed by atoms with Crippen molar-refractivity contribution in [3.8, 4) is 5.75 Å². The van der Waals surface area contributed by atoms with Crippen molar-refractivity contribution in [2.75, 3.05) is 0 Å². The minimum absolute atomic E-state index is 0.353. The van der Waals surface area contributed by atoms with Gasteiger partial charge in [-0.25, -0.2) is 10.2 Å². The van der Waals surface area contributed by atoms with Crippen molar-refractivity contribution in [3.05, 3.63) is 90.2 Å². The van der Waals surface area contributed by atoms with E-state index in [9.17, 15) is 9.59 Å². The molecule has 7 nitrogen and oxygen atoms in total. The minimum Gasteiger partial charge on any atom is -0.465 e. The number of benzene rings is 1. The van der Waals surface area contributed by atoms with Gasteiger partial charge in [-0.3, -0.25) is 9.78 Å². The summed E-state index contributed by atoms with van der Waals surface area (Å²) in [4.78, 5) is 27.4. The van der Waals surface area contributed by atoms with Gasteiger partial charge < -0.3 is 9.15 Å². The third-order valence-corrected chi connectivity index (χ3v) is 3.33. The number of hydrazone groups is 1. The summed E-state index contributed by atoms with van der Waals surface area (Å²) in [5.74, 6) is 0.0808. The van der Waals surface area contributed by atoms with Gasteiger partial charge in [0.2, 0.25) is 0 Å². The smallest absolute Gasteiger partial charge is 0.336 e. The van der Waals surface area contributed by atoms with Crippen LogP contribution in [0.1, 0.15) is 21.7 Å². The van der Waals surface area contributed by atoms with Crippen LogP contribution in [0.15, 0.2) is 82.8 Å². The standard InChI is InChI=1S/C20H15N3O4/c24-19(10-9-17-4-2-12-26-17)27-18-7-5-15(6-8-18)13-22-23-20(25)16-3-1-11-21-14-16/h1-14H,(H,23,25)/b10-9-,22-13+. The summed E-state index contributed by atoms with van der Waals surface area (Å²) < 4.78 is 10.3. The van der Waals surface area contributed by atoms with Crippen LogP contribution in [-0.4, -0.2) is 23.1 Å². The largest absolute Gasteiger partial charge is 0.465 e. The minimum atomic E-state index is -0.517. The zero-order valence-corrected chi connectivity index (χ0v) is 14.1. The van der Waals surface area contributed by atoms with Crippen LogP contribution in [-0.2, 0) is 4.79 Å². The molecule has 0 saturated heterocycles. The molecule has 0 bridgehead atoms. The SMILES string of the molecule is O=C(/C=C\c1ccco1)Oc1ccc(/C=N/NC(=O)c2cccnc2)cc1. The van der Waals surface area contributed by atoms with Crippen LogP contribution in [0.4, 0.5) is 0 Å². The molecule has 0 saturated carbocycles. The molecule has 0 atom stereocenters. The van der Waals surface area contributed by atoms with E-state index in [0.29, 0.717) is 17.1 Å². The van der Waals surface area contributed by atoms with Gasteiger partial charge in [-0.05, 0) is 60.2 Å². The highest BCUT2D eigenvalue weighted by Gasteiger charge is 2.03. The summed E-state index contributed by atoms with van der Waals surface area (Å²) in [5.41, 5.74) is 3.56. The fourth-order valence-corrected chi connectivity index (χ4v) is 2.04. The quantitative estimate of drug-likeness (QED) is 0.239. The lowest BCUT2D eigenvalue weighted by atomic mass is 10.2. The Hall–Kier alpha value is -4.00. The molecule has 0 fully saturated rings. The van der Waals surface area contributed by atoms with Gasteiger partial charge in [0.1, 0.15) is 11.5 Å². The van der Waals surface area contributed by atoms with E-state index < -0.39 is 5.97 Å². The summed E-state index contributed by atoms with van der Waals surface area (Å²) in [6.45, 7) is 0. The van der Waals surface area contributed by atoms with Gasteiger partial charge in [0.25, 0.3) is 5.91 Å². The van der Waals surface area contributed by atoms with Crippen LogP contribution in [0.5, 0.6) is 5.75 Å². The maximum atomic E-state index is 11.8. The molecule has 0 spiro atoms. The van der Waals surface area contributed by atoms with Crippen LogP contribution >= 0.6 is 0 Å². The molecule has 3 aromatic rings. The molecule has 27 heavy (non-hydrogen) atoms. The van der Waals surface area contributed by atoms with Crippen LogP contribution in [0.25, 0.3) is 6.08 Å². The molecular weight excluding hydrogens is 346 g/mol. The van der Waals surface area contributed by atoms with Crippen LogP contribution in [0.3, 0.4) is 0 Å². The second-order valence-electron chi connectivity index (χ2n) is 5.28. The van der Waals surface area contributed by atoms with E-state index in [1.807, 2.05) is 0 Å². The van der Waals surface area contributed by atoms with Crippen molar-refractivity contribution < 1.29 is 18.7 Å². The molecular formula is C20H15N3O4. The normalized spacial score (nSPS) is 11.0. The highest BCUT2D eigenvalue weighted by molar-refractivity contribution is 5.94.